The lowest BCUT2D eigenvalue weighted by molar-refractivity contribution is -0.0498. The quantitative estimate of drug-likeness (QED) is 0.775. The average Bonchev–Trinajstić information content (AvgIpc) is 3.30. The van der Waals surface area contributed by atoms with Gasteiger partial charge < -0.3 is 10.1 Å². The average molecular weight is 421 g/mol. The van der Waals surface area contributed by atoms with Crippen LogP contribution in [0.1, 0.15) is 35.1 Å². The maximum Gasteiger partial charge on any atom is 0.387 e. The number of aryl methyl sites for hydroxylation is 2. The number of alkyl halides is 2. The number of rotatable bonds is 4. The third kappa shape index (κ3) is 4.11. The molecule has 0 aliphatic heterocycles. The topological polar surface area (TPSA) is 93.8 Å². The number of benzene rings is 2. The minimum atomic E-state index is -3.53. The molecule has 2 amide bonds. The summed E-state index contributed by atoms with van der Waals surface area (Å²) in [4.78, 5) is 12.6. The highest BCUT2D eigenvalue weighted by Gasteiger charge is 2.25. The van der Waals surface area contributed by atoms with Gasteiger partial charge in [0.15, 0.2) is 0 Å². The zero-order valence-electron chi connectivity index (χ0n) is 15.6. The minimum absolute atomic E-state index is 0.0535. The summed E-state index contributed by atoms with van der Waals surface area (Å²) in [6, 6.07) is 6.40. The predicted molar refractivity (Wildman–Crippen MR) is 106 cm³/mol. The minimum Gasteiger partial charge on any atom is -0.435 e. The van der Waals surface area contributed by atoms with Crippen LogP contribution in [0.2, 0.25) is 0 Å². The summed E-state index contributed by atoms with van der Waals surface area (Å²) >= 11 is 0. The van der Waals surface area contributed by atoms with Gasteiger partial charge in [-0.25, -0.2) is 14.1 Å². The van der Waals surface area contributed by atoms with Crippen LogP contribution in [0, 0.1) is 0 Å². The molecule has 0 aromatic heterocycles. The molecule has 0 saturated heterocycles. The van der Waals surface area contributed by atoms with E-state index in [9.17, 15) is 17.8 Å². The summed E-state index contributed by atoms with van der Waals surface area (Å²) < 4.78 is 45.2. The summed E-state index contributed by atoms with van der Waals surface area (Å²) in [6.07, 6.45) is 5.84. The molecule has 0 spiro atoms. The second-order valence-electron chi connectivity index (χ2n) is 7.17. The van der Waals surface area contributed by atoms with Crippen molar-refractivity contribution < 1.29 is 22.5 Å². The van der Waals surface area contributed by atoms with Crippen molar-refractivity contribution in [1.82, 2.24) is 0 Å². The largest absolute Gasteiger partial charge is 0.435 e. The molecule has 4 rings (SSSR count). The molecule has 2 aliphatic rings. The zero-order valence-corrected chi connectivity index (χ0v) is 16.4. The summed E-state index contributed by atoms with van der Waals surface area (Å²) in [7, 11) is -3.53. The van der Waals surface area contributed by atoms with E-state index in [1.54, 1.807) is 0 Å². The van der Waals surface area contributed by atoms with Crippen LogP contribution in [-0.2, 0) is 35.6 Å². The number of carbonyl (C=O) groups excluding carboxylic acids is 1. The van der Waals surface area contributed by atoms with Crippen LogP contribution >= 0.6 is 0 Å². The van der Waals surface area contributed by atoms with Crippen molar-refractivity contribution in [3.05, 3.63) is 52.6 Å². The molecule has 0 fully saturated rings. The number of fused-ring (bicyclic) bond motifs is 2. The molecule has 0 radical (unpaired) electrons. The van der Waals surface area contributed by atoms with Gasteiger partial charge in [-0.2, -0.15) is 8.78 Å². The molecule has 9 heteroatoms. The number of urea groups is 1. The van der Waals surface area contributed by atoms with Crippen LogP contribution in [0.3, 0.4) is 0 Å². The molecule has 2 aromatic carbocycles. The van der Waals surface area contributed by atoms with Crippen molar-refractivity contribution in [2.75, 3.05) is 5.32 Å². The van der Waals surface area contributed by atoms with Crippen molar-refractivity contribution in [2.45, 2.75) is 50.0 Å². The summed E-state index contributed by atoms with van der Waals surface area (Å²) in [5.41, 5.74) is 5.56. The molecule has 0 unspecified atom stereocenters. The van der Waals surface area contributed by atoms with E-state index in [1.807, 2.05) is 0 Å². The van der Waals surface area contributed by atoms with Crippen LogP contribution in [0.4, 0.5) is 19.3 Å². The maximum atomic E-state index is 12.8. The number of hydrogen-bond acceptors (Lipinski definition) is 3. The van der Waals surface area contributed by atoms with Crippen molar-refractivity contribution in [3.63, 3.8) is 0 Å². The van der Waals surface area contributed by atoms with E-state index in [0.717, 1.165) is 55.3 Å². The number of hydrogen-bond donors (Lipinski definition) is 2. The van der Waals surface area contributed by atoms with Gasteiger partial charge in [-0.15, -0.1) is 4.36 Å². The molecule has 154 valence electrons. The summed E-state index contributed by atoms with van der Waals surface area (Å²) in [5.74, 6) is -0.0983. The second kappa shape index (κ2) is 7.72. The third-order valence-corrected chi connectivity index (χ3v) is 6.69. The Morgan fingerprint density at radius 2 is 1.66 bits per heavy atom. The van der Waals surface area contributed by atoms with Crippen molar-refractivity contribution in [3.8, 4) is 5.75 Å². The van der Waals surface area contributed by atoms with E-state index in [0.29, 0.717) is 0 Å². The molecule has 29 heavy (non-hydrogen) atoms. The third-order valence-electron chi connectivity index (χ3n) is 5.31. The normalized spacial score (nSPS) is 16.8. The van der Waals surface area contributed by atoms with Gasteiger partial charge in [-0.3, -0.25) is 0 Å². The molecule has 1 atom stereocenters. The van der Waals surface area contributed by atoms with Crippen LogP contribution in [-0.4, -0.2) is 16.9 Å². The lowest BCUT2D eigenvalue weighted by Crippen LogP contribution is -2.19. The van der Waals surface area contributed by atoms with E-state index in [1.165, 1.54) is 35.4 Å². The van der Waals surface area contributed by atoms with E-state index in [2.05, 4.69) is 20.5 Å². The van der Waals surface area contributed by atoms with Gasteiger partial charge in [0, 0.05) is 5.69 Å². The number of halogens is 2. The van der Waals surface area contributed by atoms with Gasteiger partial charge in [0.25, 0.3) is 0 Å². The molecule has 0 heterocycles. The molecule has 0 saturated carbocycles. The van der Waals surface area contributed by atoms with Gasteiger partial charge in [-0.05, 0) is 85.0 Å². The van der Waals surface area contributed by atoms with Gasteiger partial charge in [0.2, 0.25) is 0 Å². The number of ether oxygens (including phenoxy) is 1. The number of nitrogens with zero attached hydrogens (tertiary/aromatic N) is 1. The first-order valence-electron chi connectivity index (χ1n) is 9.41. The fraction of sp³-hybridized carbons (Fsp3) is 0.350. The van der Waals surface area contributed by atoms with E-state index < -0.39 is 22.6 Å². The fourth-order valence-corrected chi connectivity index (χ4v) is 5.01. The first-order chi connectivity index (χ1) is 13.8. The van der Waals surface area contributed by atoms with Crippen molar-refractivity contribution >= 4 is 21.6 Å². The second-order valence-corrected chi connectivity index (χ2v) is 8.97. The SMILES string of the molecule is N[S@@](=O)(=NC(=O)Nc1c2c(cc3c1CCC3)CCC2)c1ccc(OC(F)F)cc1. The Morgan fingerprint density at radius 3 is 2.21 bits per heavy atom. The number of carbonyl (C=O) groups is 1. The Morgan fingerprint density at radius 1 is 1.07 bits per heavy atom. The van der Waals surface area contributed by atoms with E-state index >= 15 is 0 Å². The maximum absolute atomic E-state index is 12.8. The smallest absolute Gasteiger partial charge is 0.387 e. The number of anilines is 1. The molecule has 2 aliphatic carbocycles. The van der Waals surface area contributed by atoms with Gasteiger partial charge in [0.05, 0.1) is 4.90 Å². The summed E-state index contributed by atoms with van der Waals surface area (Å²) in [5, 5.41) is 8.60. The van der Waals surface area contributed by atoms with Gasteiger partial charge >= 0.3 is 12.6 Å². The Kier molecular flexibility index (Phi) is 5.26. The molecular formula is C20H21F2N3O3S. The standard InChI is InChI=1S/C20H21F2N3O3S/c21-19(22)28-14-7-9-15(10-8-14)29(23,27)25-20(26)24-18-16-5-1-3-12(16)11-13-4-2-6-17(13)18/h7-11,19H,1-6H2,(H3,23,24,25,26,27)/t29-/m1/s1. The first kappa shape index (κ1) is 19.8. The van der Waals surface area contributed by atoms with Gasteiger partial charge in [0.1, 0.15) is 15.7 Å². The number of nitrogens with two attached hydrogens (primary N) is 1. The van der Waals surface area contributed by atoms with Crippen LogP contribution < -0.4 is 15.2 Å². The first-order valence-corrected chi connectivity index (χ1v) is 11.0. The number of nitrogens with one attached hydrogen (secondary N) is 1. The van der Waals surface area contributed by atoms with Crippen LogP contribution in [0.5, 0.6) is 5.75 Å². The highest BCUT2D eigenvalue weighted by Crippen LogP contribution is 2.38. The Labute approximate surface area is 167 Å². The van der Waals surface area contributed by atoms with Crippen molar-refractivity contribution in [2.24, 2.45) is 9.50 Å². The molecular weight excluding hydrogens is 400 g/mol. The Bertz CT molecular complexity index is 1050. The van der Waals surface area contributed by atoms with Crippen LogP contribution in [0.15, 0.2) is 39.6 Å². The lowest BCUT2D eigenvalue weighted by atomic mass is 9.99. The molecule has 3 N–H and O–H groups in total. The number of amides is 2. The van der Waals surface area contributed by atoms with Crippen LogP contribution in [0.25, 0.3) is 0 Å². The molecule has 0 bridgehead atoms. The zero-order chi connectivity index (χ0) is 20.6. The Hall–Kier alpha value is -2.52. The highest BCUT2D eigenvalue weighted by molar-refractivity contribution is 7.91. The predicted octanol–water partition coefficient (Wildman–Crippen LogP) is 4.20. The summed E-state index contributed by atoms with van der Waals surface area (Å²) in [6.45, 7) is -2.96. The fourth-order valence-electron chi connectivity index (χ4n) is 4.09. The Balaban J connectivity index is 1.59. The van der Waals surface area contributed by atoms with E-state index in [4.69, 9.17) is 5.14 Å². The van der Waals surface area contributed by atoms with E-state index in [-0.39, 0.29) is 10.6 Å². The lowest BCUT2D eigenvalue weighted by Gasteiger charge is -2.15. The van der Waals surface area contributed by atoms with Gasteiger partial charge in [-0.1, -0.05) is 6.07 Å². The molecule has 2 aromatic rings. The highest BCUT2D eigenvalue weighted by atomic mass is 32.2. The van der Waals surface area contributed by atoms with Crippen molar-refractivity contribution in [1.29, 1.82) is 0 Å². The monoisotopic (exact) mass is 421 g/mol. The molecule has 6 nitrogen and oxygen atoms in total.